The summed E-state index contributed by atoms with van der Waals surface area (Å²) < 4.78 is 11.6. The number of halogens is 1. The number of hydrogen-bond donors (Lipinski definition) is 3. The topological polar surface area (TPSA) is 101 Å². The van der Waals surface area contributed by atoms with Gasteiger partial charge in [0.05, 0.1) is 46.9 Å². The number of aromatic nitrogens is 3. The average Bonchev–Trinajstić information content (AvgIpc) is 3.22. The van der Waals surface area contributed by atoms with Gasteiger partial charge in [0.1, 0.15) is 5.52 Å². The highest BCUT2D eigenvalue weighted by atomic mass is 35.5. The lowest BCUT2D eigenvalue weighted by molar-refractivity contribution is 0.0947. The van der Waals surface area contributed by atoms with Crippen LogP contribution >= 0.6 is 11.6 Å². The van der Waals surface area contributed by atoms with Crippen molar-refractivity contribution in [3.8, 4) is 22.9 Å². The molecule has 0 atom stereocenters. The van der Waals surface area contributed by atoms with Gasteiger partial charge in [0.25, 0.3) is 5.91 Å². The largest absolute Gasteiger partial charge is 0.493 e. The van der Waals surface area contributed by atoms with Gasteiger partial charge in [-0.25, -0.2) is 4.98 Å². The number of hydrogen-bond acceptors (Lipinski definition) is 6. The van der Waals surface area contributed by atoms with Crippen LogP contribution < -0.4 is 20.1 Å². The maximum absolute atomic E-state index is 13.0. The monoisotopic (exact) mass is 503 g/mol. The van der Waals surface area contributed by atoms with Crippen molar-refractivity contribution in [1.82, 2.24) is 20.3 Å². The lowest BCUT2D eigenvalue weighted by Gasteiger charge is -2.24. The minimum atomic E-state index is -0.141. The van der Waals surface area contributed by atoms with E-state index in [1.54, 1.807) is 19.4 Å². The number of anilines is 2. The summed E-state index contributed by atoms with van der Waals surface area (Å²) in [7, 11) is 1.57. The minimum absolute atomic E-state index is 0.141. The number of methoxy groups -OCH3 is 1. The molecule has 1 aliphatic carbocycles. The van der Waals surface area contributed by atoms with Crippen LogP contribution in [0.4, 0.5) is 11.4 Å². The Hall–Kier alpha value is -3.78. The third-order valence-electron chi connectivity index (χ3n) is 6.92. The van der Waals surface area contributed by atoms with Crippen LogP contribution in [0.2, 0.25) is 5.02 Å². The normalized spacial score (nSPS) is 15.2. The van der Waals surface area contributed by atoms with Crippen molar-refractivity contribution in [2.24, 2.45) is 5.92 Å². The number of carbonyl (C=O) groups is 1. The standard InChI is InChI=1S/C27H26ClN5O3/c1-35-26-17(28)6-3-7-20(26)32-25-22-18(11-13-30-27(22)34)31-24(25)16-10-12-29-19-8-9-21(33-23(16)19)36-14-15-4-2-5-15/h3,6-10,12,15,31-32H,2,4-5,11,13-14H2,1H3,(H,30,34). The molecule has 0 bridgehead atoms. The molecule has 1 amide bonds. The zero-order chi connectivity index (χ0) is 24.6. The SMILES string of the molecule is COc1c(Cl)cccc1Nc1c(-c2ccnc3ccc(OCC4CCC4)nc23)[nH]c2c1C(=O)NCC2. The van der Waals surface area contributed by atoms with Gasteiger partial charge >= 0.3 is 0 Å². The van der Waals surface area contributed by atoms with Crippen molar-refractivity contribution < 1.29 is 14.3 Å². The lowest BCUT2D eigenvalue weighted by Crippen LogP contribution is -2.31. The number of H-pyrrole nitrogens is 1. The van der Waals surface area contributed by atoms with Crippen LogP contribution in [0.25, 0.3) is 22.3 Å². The van der Waals surface area contributed by atoms with Crippen molar-refractivity contribution in [3.05, 3.63) is 58.9 Å². The van der Waals surface area contributed by atoms with E-state index in [0.29, 0.717) is 64.6 Å². The maximum Gasteiger partial charge on any atom is 0.255 e. The summed E-state index contributed by atoms with van der Waals surface area (Å²) in [4.78, 5) is 25.8. The zero-order valence-electron chi connectivity index (χ0n) is 19.9. The second-order valence-corrected chi connectivity index (χ2v) is 9.57. The number of nitrogens with one attached hydrogen (secondary N) is 3. The molecular formula is C27H26ClN5O3. The first-order valence-electron chi connectivity index (χ1n) is 12.1. The van der Waals surface area contributed by atoms with Gasteiger partial charge in [-0.1, -0.05) is 24.1 Å². The smallest absolute Gasteiger partial charge is 0.255 e. The molecule has 6 rings (SSSR count). The third-order valence-corrected chi connectivity index (χ3v) is 7.21. The van der Waals surface area contributed by atoms with Crippen LogP contribution in [0.15, 0.2) is 42.6 Å². The molecule has 4 heterocycles. The lowest BCUT2D eigenvalue weighted by atomic mass is 9.86. The molecule has 1 aliphatic heterocycles. The number of amides is 1. The van der Waals surface area contributed by atoms with Crippen molar-refractivity contribution in [2.45, 2.75) is 25.7 Å². The number of nitrogens with zero attached hydrogens (tertiary/aromatic N) is 2. The van der Waals surface area contributed by atoms with Crippen LogP contribution in [0.3, 0.4) is 0 Å². The molecule has 1 aromatic carbocycles. The zero-order valence-corrected chi connectivity index (χ0v) is 20.6. The first-order valence-corrected chi connectivity index (χ1v) is 12.5. The Bertz CT molecular complexity index is 1460. The first-order chi connectivity index (χ1) is 17.6. The number of carbonyl (C=O) groups excluding carboxylic acids is 1. The number of pyridine rings is 2. The summed E-state index contributed by atoms with van der Waals surface area (Å²) in [5.74, 6) is 1.54. The molecule has 3 N–H and O–H groups in total. The quantitative estimate of drug-likeness (QED) is 0.308. The van der Waals surface area contributed by atoms with Gasteiger partial charge in [-0.2, -0.15) is 0 Å². The predicted octanol–water partition coefficient (Wildman–Crippen LogP) is 5.50. The molecule has 36 heavy (non-hydrogen) atoms. The molecule has 0 saturated heterocycles. The molecule has 0 unspecified atom stereocenters. The van der Waals surface area contributed by atoms with Crippen LogP contribution in [0.1, 0.15) is 35.3 Å². The Kier molecular flexibility index (Phi) is 5.89. The molecule has 3 aromatic heterocycles. The maximum atomic E-state index is 13.0. The van der Waals surface area contributed by atoms with Crippen LogP contribution in [-0.4, -0.2) is 41.1 Å². The molecular weight excluding hydrogens is 478 g/mol. The van der Waals surface area contributed by atoms with E-state index < -0.39 is 0 Å². The molecule has 0 radical (unpaired) electrons. The van der Waals surface area contributed by atoms with Gasteiger partial charge in [0.2, 0.25) is 5.88 Å². The van der Waals surface area contributed by atoms with Gasteiger partial charge in [-0.05, 0) is 43.0 Å². The van der Waals surface area contributed by atoms with E-state index in [0.717, 1.165) is 22.5 Å². The first kappa shape index (κ1) is 22.7. The van der Waals surface area contributed by atoms with Gasteiger partial charge < -0.3 is 25.1 Å². The van der Waals surface area contributed by atoms with Crippen LogP contribution in [0.5, 0.6) is 11.6 Å². The molecule has 2 aliphatic rings. The second-order valence-electron chi connectivity index (χ2n) is 9.16. The molecule has 1 saturated carbocycles. The summed E-state index contributed by atoms with van der Waals surface area (Å²) in [6.07, 6.45) is 6.12. The third kappa shape index (κ3) is 4.01. The fourth-order valence-corrected chi connectivity index (χ4v) is 5.06. The average molecular weight is 504 g/mol. The highest BCUT2D eigenvalue weighted by molar-refractivity contribution is 6.32. The number of fused-ring (bicyclic) bond motifs is 2. The molecule has 9 heteroatoms. The number of ether oxygens (including phenoxy) is 2. The summed E-state index contributed by atoms with van der Waals surface area (Å²) >= 11 is 6.38. The van der Waals surface area contributed by atoms with Crippen molar-refractivity contribution in [1.29, 1.82) is 0 Å². The van der Waals surface area contributed by atoms with E-state index in [-0.39, 0.29) is 5.91 Å². The predicted molar refractivity (Wildman–Crippen MR) is 139 cm³/mol. The van der Waals surface area contributed by atoms with Crippen LogP contribution in [0, 0.1) is 5.92 Å². The van der Waals surface area contributed by atoms with Crippen molar-refractivity contribution in [2.75, 3.05) is 25.6 Å². The summed E-state index contributed by atoms with van der Waals surface area (Å²) in [5, 5.41) is 6.85. The Morgan fingerprint density at radius 3 is 2.89 bits per heavy atom. The Morgan fingerprint density at radius 2 is 2.08 bits per heavy atom. The number of para-hydroxylation sites is 1. The summed E-state index contributed by atoms with van der Waals surface area (Å²) in [6, 6.07) is 11.1. The highest BCUT2D eigenvalue weighted by Crippen LogP contribution is 2.42. The van der Waals surface area contributed by atoms with Crippen molar-refractivity contribution in [3.63, 3.8) is 0 Å². The number of benzene rings is 1. The molecule has 1 fully saturated rings. The van der Waals surface area contributed by atoms with E-state index in [2.05, 4.69) is 20.6 Å². The number of rotatable bonds is 7. The molecule has 4 aromatic rings. The number of aromatic amines is 1. The van der Waals surface area contributed by atoms with Gasteiger partial charge in [-0.3, -0.25) is 9.78 Å². The Balaban J connectivity index is 1.48. The van der Waals surface area contributed by atoms with E-state index in [4.69, 9.17) is 26.1 Å². The fraction of sp³-hybridized carbons (Fsp3) is 0.296. The van der Waals surface area contributed by atoms with E-state index in [1.165, 1.54) is 19.3 Å². The summed E-state index contributed by atoms with van der Waals surface area (Å²) in [5.41, 5.74) is 5.73. The van der Waals surface area contributed by atoms with Gasteiger partial charge in [0.15, 0.2) is 5.75 Å². The highest BCUT2D eigenvalue weighted by Gasteiger charge is 2.28. The van der Waals surface area contributed by atoms with Crippen LogP contribution in [-0.2, 0) is 6.42 Å². The summed E-state index contributed by atoms with van der Waals surface area (Å²) in [6.45, 7) is 1.24. The fourth-order valence-electron chi connectivity index (χ4n) is 4.81. The van der Waals surface area contributed by atoms with Gasteiger partial charge in [-0.15, -0.1) is 0 Å². The molecule has 184 valence electrons. The van der Waals surface area contributed by atoms with E-state index >= 15 is 0 Å². The van der Waals surface area contributed by atoms with E-state index in [1.807, 2.05) is 30.3 Å². The van der Waals surface area contributed by atoms with Crippen molar-refractivity contribution >= 4 is 39.9 Å². The van der Waals surface area contributed by atoms with E-state index in [9.17, 15) is 4.79 Å². The second kappa shape index (κ2) is 9.35. The Morgan fingerprint density at radius 1 is 1.19 bits per heavy atom. The van der Waals surface area contributed by atoms with Gasteiger partial charge in [0, 0.05) is 36.5 Å². The molecule has 8 nitrogen and oxygen atoms in total. The molecule has 0 spiro atoms. The Labute approximate surface area is 213 Å². The minimum Gasteiger partial charge on any atom is -0.493 e.